The topological polar surface area (TPSA) is 72.3 Å². The molecule has 1 N–H and O–H groups in total. The molecule has 0 radical (unpaired) electrons. The molecule has 1 heterocycles. The third kappa shape index (κ3) is 2.53. The second-order valence-electron chi connectivity index (χ2n) is 2.25. The second-order valence-corrected chi connectivity index (χ2v) is 2.25. The molecule has 0 aliphatic carbocycles. The molecule has 5 heteroatoms. The van der Waals surface area contributed by atoms with Crippen molar-refractivity contribution in [2.24, 2.45) is 0 Å². The summed E-state index contributed by atoms with van der Waals surface area (Å²) in [6.07, 6.45) is 1.56. The molecule has 0 unspecified atom stereocenters. The highest BCUT2D eigenvalue weighted by atomic mass is 16.5. The summed E-state index contributed by atoms with van der Waals surface area (Å²) in [5.74, 6) is -0.796. The van der Waals surface area contributed by atoms with Gasteiger partial charge in [-0.15, -0.1) is 5.10 Å². The fraction of sp³-hybridized carbons (Fsp3) is 0.286. The first-order valence-electron chi connectivity index (χ1n) is 3.32. The number of hydrogen-bond donors (Lipinski definition) is 1. The fourth-order valence-corrected chi connectivity index (χ4v) is 0.644. The molecule has 0 aromatic carbocycles. The predicted octanol–water partition coefficient (Wildman–Crippen LogP) is 0.248. The largest absolute Gasteiger partial charge is 0.479 e. The van der Waals surface area contributed by atoms with Crippen molar-refractivity contribution in [3.05, 3.63) is 17.8 Å². The van der Waals surface area contributed by atoms with E-state index in [2.05, 4.69) is 10.2 Å². The molecular weight excluding hydrogens is 160 g/mol. The summed E-state index contributed by atoms with van der Waals surface area (Å²) in [6.45, 7) is 1.43. The SMILES string of the molecule is Cc1cnnc(OCC(=O)O)c1. The number of nitrogens with zero attached hydrogens (tertiary/aromatic N) is 2. The van der Waals surface area contributed by atoms with Crippen LogP contribution >= 0.6 is 0 Å². The van der Waals surface area contributed by atoms with Gasteiger partial charge in [-0.3, -0.25) is 0 Å². The summed E-state index contributed by atoms with van der Waals surface area (Å²) < 4.78 is 4.78. The van der Waals surface area contributed by atoms with E-state index in [1.54, 1.807) is 12.3 Å². The Labute approximate surface area is 69.0 Å². The minimum absolute atomic E-state index is 0.234. The molecule has 0 saturated carbocycles. The third-order valence-corrected chi connectivity index (χ3v) is 1.11. The van der Waals surface area contributed by atoms with Crippen molar-refractivity contribution in [2.45, 2.75) is 6.92 Å². The van der Waals surface area contributed by atoms with Crippen LogP contribution < -0.4 is 4.74 Å². The maximum atomic E-state index is 10.1. The van der Waals surface area contributed by atoms with Crippen molar-refractivity contribution in [2.75, 3.05) is 6.61 Å². The van der Waals surface area contributed by atoms with Gasteiger partial charge in [0, 0.05) is 6.07 Å². The Kier molecular flexibility index (Phi) is 2.57. The Morgan fingerprint density at radius 3 is 3.08 bits per heavy atom. The van der Waals surface area contributed by atoms with Crippen LogP contribution in [0.4, 0.5) is 0 Å². The number of hydrogen-bond acceptors (Lipinski definition) is 4. The Bertz CT molecular complexity index is 288. The highest BCUT2D eigenvalue weighted by Gasteiger charge is 2.00. The van der Waals surface area contributed by atoms with Crippen LogP contribution in [-0.4, -0.2) is 27.9 Å². The fourth-order valence-electron chi connectivity index (χ4n) is 0.644. The molecule has 1 rings (SSSR count). The average Bonchev–Trinajstić information content (AvgIpc) is 2.01. The van der Waals surface area contributed by atoms with Gasteiger partial charge in [0.1, 0.15) is 0 Å². The van der Waals surface area contributed by atoms with Crippen LogP contribution in [0.3, 0.4) is 0 Å². The molecule has 1 aromatic heterocycles. The molecule has 64 valence electrons. The molecule has 0 amide bonds. The number of carboxylic acid groups (broad SMARTS) is 1. The van der Waals surface area contributed by atoms with Gasteiger partial charge in [0.05, 0.1) is 6.20 Å². The van der Waals surface area contributed by atoms with Crippen LogP contribution in [0.15, 0.2) is 12.3 Å². The number of carbonyl (C=O) groups is 1. The second kappa shape index (κ2) is 3.66. The summed E-state index contributed by atoms with van der Waals surface area (Å²) in [7, 11) is 0. The minimum atomic E-state index is -1.03. The summed E-state index contributed by atoms with van der Waals surface area (Å²) in [4.78, 5) is 10.1. The lowest BCUT2D eigenvalue weighted by Gasteiger charge is -2.00. The van der Waals surface area contributed by atoms with Gasteiger partial charge < -0.3 is 9.84 Å². The maximum Gasteiger partial charge on any atom is 0.341 e. The van der Waals surface area contributed by atoms with Crippen molar-refractivity contribution >= 4 is 5.97 Å². The number of rotatable bonds is 3. The number of ether oxygens (including phenoxy) is 1. The van der Waals surface area contributed by atoms with E-state index >= 15 is 0 Å². The van der Waals surface area contributed by atoms with Crippen LogP contribution in [0.2, 0.25) is 0 Å². The van der Waals surface area contributed by atoms with Gasteiger partial charge in [0.15, 0.2) is 6.61 Å². The highest BCUT2D eigenvalue weighted by molar-refractivity contribution is 5.68. The number of aliphatic carboxylic acids is 1. The lowest BCUT2D eigenvalue weighted by molar-refractivity contribution is -0.139. The summed E-state index contributed by atoms with van der Waals surface area (Å²) >= 11 is 0. The van der Waals surface area contributed by atoms with E-state index in [0.29, 0.717) is 0 Å². The normalized spacial score (nSPS) is 9.42. The number of aryl methyl sites for hydroxylation is 1. The van der Waals surface area contributed by atoms with Crippen LogP contribution in [-0.2, 0) is 4.79 Å². The van der Waals surface area contributed by atoms with Crippen molar-refractivity contribution in [3.63, 3.8) is 0 Å². The molecule has 0 fully saturated rings. The van der Waals surface area contributed by atoms with Gasteiger partial charge in [-0.1, -0.05) is 0 Å². The monoisotopic (exact) mass is 168 g/mol. The van der Waals surface area contributed by atoms with E-state index in [9.17, 15) is 4.79 Å². The van der Waals surface area contributed by atoms with Crippen molar-refractivity contribution in [1.82, 2.24) is 10.2 Å². The number of aromatic nitrogens is 2. The maximum absolute atomic E-state index is 10.1. The van der Waals surface area contributed by atoms with Crippen molar-refractivity contribution < 1.29 is 14.6 Å². The van der Waals surface area contributed by atoms with Crippen LogP contribution in [0.5, 0.6) is 5.88 Å². The average molecular weight is 168 g/mol. The molecule has 0 aliphatic heterocycles. The van der Waals surface area contributed by atoms with Crippen LogP contribution in [0, 0.1) is 6.92 Å². The minimum Gasteiger partial charge on any atom is -0.479 e. The molecule has 0 saturated heterocycles. The molecule has 0 aliphatic rings. The molecule has 12 heavy (non-hydrogen) atoms. The quantitative estimate of drug-likeness (QED) is 0.700. The van der Waals surface area contributed by atoms with E-state index in [4.69, 9.17) is 9.84 Å². The summed E-state index contributed by atoms with van der Waals surface area (Å²) in [5, 5.41) is 15.4. The summed E-state index contributed by atoms with van der Waals surface area (Å²) in [6, 6.07) is 1.62. The molecule has 0 atom stereocenters. The van der Waals surface area contributed by atoms with Crippen LogP contribution in [0.1, 0.15) is 5.56 Å². The zero-order valence-corrected chi connectivity index (χ0v) is 6.52. The van der Waals surface area contributed by atoms with E-state index in [-0.39, 0.29) is 5.88 Å². The van der Waals surface area contributed by atoms with E-state index < -0.39 is 12.6 Å². The first kappa shape index (κ1) is 8.45. The molecule has 0 bridgehead atoms. The van der Waals surface area contributed by atoms with Gasteiger partial charge in [-0.05, 0) is 12.5 Å². The van der Waals surface area contributed by atoms with Gasteiger partial charge in [0.25, 0.3) is 0 Å². The Hall–Kier alpha value is -1.65. The van der Waals surface area contributed by atoms with Crippen LogP contribution in [0.25, 0.3) is 0 Å². The Morgan fingerprint density at radius 2 is 2.50 bits per heavy atom. The van der Waals surface area contributed by atoms with Gasteiger partial charge in [0.2, 0.25) is 5.88 Å². The van der Waals surface area contributed by atoms with E-state index in [0.717, 1.165) is 5.56 Å². The zero-order valence-electron chi connectivity index (χ0n) is 6.52. The van der Waals surface area contributed by atoms with Gasteiger partial charge in [-0.2, -0.15) is 5.10 Å². The van der Waals surface area contributed by atoms with Gasteiger partial charge in [-0.25, -0.2) is 4.79 Å². The first-order chi connectivity index (χ1) is 5.68. The molecule has 5 nitrogen and oxygen atoms in total. The lowest BCUT2D eigenvalue weighted by Crippen LogP contribution is -2.10. The highest BCUT2D eigenvalue weighted by Crippen LogP contribution is 2.05. The first-order valence-corrected chi connectivity index (χ1v) is 3.32. The Morgan fingerprint density at radius 1 is 1.75 bits per heavy atom. The lowest BCUT2D eigenvalue weighted by atomic mass is 10.3. The van der Waals surface area contributed by atoms with Crippen molar-refractivity contribution in [1.29, 1.82) is 0 Å². The van der Waals surface area contributed by atoms with Crippen molar-refractivity contribution in [3.8, 4) is 5.88 Å². The summed E-state index contributed by atoms with van der Waals surface area (Å²) in [5.41, 5.74) is 0.880. The molecule has 1 aromatic rings. The van der Waals surface area contributed by atoms with E-state index in [1.807, 2.05) is 6.92 Å². The molecule has 0 spiro atoms. The standard InChI is InChI=1S/C7H8N2O3/c1-5-2-6(9-8-3-5)12-4-7(10)11/h2-3H,4H2,1H3,(H,10,11). The molecular formula is C7H8N2O3. The Balaban J connectivity index is 2.57. The van der Waals surface area contributed by atoms with E-state index in [1.165, 1.54) is 0 Å². The predicted molar refractivity (Wildman–Crippen MR) is 39.9 cm³/mol. The van der Waals surface area contributed by atoms with Gasteiger partial charge >= 0.3 is 5.97 Å². The smallest absolute Gasteiger partial charge is 0.341 e. The number of carboxylic acids is 1. The zero-order chi connectivity index (χ0) is 8.97. The third-order valence-electron chi connectivity index (χ3n) is 1.11.